The smallest absolute Gasteiger partial charge is 0.255 e. The predicted molar refractivity (Wildman–Crippen MR) is 102 cm³/mol. The number of carbonyl (C=O) groups is 1. The minimum absolute atomic E-state index is 0.00140. The van der Waals surface area contributed by atoms with Gasteiger partial charge in [-0.15, -0.1) is 0 Å². The molecule has 0 aliphatic carbocycles. The van der Waals surface area contributed by atoms with E-state index in [1.165, 1.54) is 0 Å². The summed E-state index contributed by atoms with van der Waals surface area (Å²) in [4.78, 5) is 20.2. The molecule has 1 aromatic heterocycles. The largest absolute Gasteiger partial charge is 0.507 e. The van der Waals surface area contributed by atoms with E-state index in [1.807, 2.05) is 48.5 Å². The van der Waals surface area contributed by atoms with Gasteiger partial charge in [-0.3, -0.25) is 4.79 Å². The lowest BCUT2D eigenvalue weighted by molar-refractivity contribution is 0.0950. The standard InChI is InChI=1S/C21H19N3O2/c25-19-13-15-7-2-1-6-14(15)12-16(19)21(26)22-11-5-10-20-23-17-8-3-4-9-18(17)24-20/h1-4,6-9,12-13,25H,5,10-11H2,(H,22,26)(H,23,24). The predicted octanol–water partition coefficient (Wildman–Crippen LogP) is 3.78. The molecule has 0 bridgehead atoms. The quantitative estimate of drug-likeness (QED) is 0.482. The molecule has 1 amide bonds. The molecule has 0 unspecified atom stereocenters. The maximum Gasteiger partial charge on any atom is 0.255 e. The maximum absolute atomic E-state index is 12.4. The zero-order valence-electron chi connectivity index (χ0n) is 14.2. The molecule has 5 heteroatoms. The van der Waals surface area contributed by atoms with Crippen LogP contribution in [0, 0.1) is 0 Å². The highest BCUT2D eigenvalue weighted by molar-refractivity contribution is 6.01. The lowest BCUT2D eigenvalue weighted by Gasteiger charge is -2.08. The van der Waals surface area contributed by atoms with Crippen LogP contribution >= 0.6 is 0 Å². The van der Waals surface area contributed by atoms with Crippen LogP contribution < -0.4 is 5.32 Å². The number of rotatable bonds is 5. The average Bonchev–Trinajstić information content (AvgIpc) is 3.07. The molecule has 1 heterocycles. The van der Waals surface area contributed by atoms with E-state index in [9.17, 15) is 9.90 Å². The second-order valence-electron chi connectivity index (χ2n) is 6.28. The molecular weight excluding hydrogens is 326 g/mol. The van der Waals surface area contributed by atoms with Crippen LogP contribution in [-0.4, -0.2) is 27.5 Å². The van der Waals surface area contributed by atoms with Crippen molar-refractivity contribution < 1.29 is 9.90 Å². The van der Waals surface area contributed by atoms with Gasteiger partial charge in [0, 0.05) is 13.0 Å². The van der Waals surface area contributed by atoms with Gasteiger partial charge in [0.15, 0.2) is 0 Å². The molecule has 0 spiro atoms. The Morgan fingerprint density at radius 1 is 1.04 bits per heavy atom. The van der Waals surface area contributed by atoms with Gasteiger partial charge in [0.1, 0.15) is 11.6 Å². The number of benzene rings is 3. The second-order valence-corrected chi connectivity index (χ2v) is 6.28. The van der Waals surface area contributed by atoms with Crippen molar-refractivity contribution in [2.75, 3.05) is 6.54 Å². The van der Waals surface area contributed by atoms with Crippen molar-refractivity contribution >= 4 is 27.7 Å². The van der Waals surface area contributed by atoms with Crippen LogP contribution in [-0.2, 0) is 6.42 Å². The molecule has 0 radical (unpaired) electrons. The minimum atomic E-state index is -0.266. The highest BCUT2D eigenvalue weighted by Crippen LogP contribution is 2.24. The second kappa shape index (κ2) is 6.88. The van der Waals surface area contributed by atoms with Gasteiger partial charge in [0.25, 0.3) is 5.91 Å². The highest BCUT2D eigenvalue weighted by Gasteiger charge is 2.12. The Hall–Kier alpha value is -3.34. The lowest BCUT2D eigenvalue weighted by atomic mass is 10.1. The number of imidazole rings is 1. The number of hydrogen-bond acceptors (Lipinski definition) is 3. The van der Waals surface area contributed by atoms with Crippen molar-refractivity contribution in [3.8, 4) is 5.75 Å². The number of aromatic amines is 1. The van der Waals surface area contributed by atoms with Gasteiger partial charge in [0.2, 0.25) is 0 Å². The molecule has 0 saturated heterocycles. The Morgan fingerprint density at radius 2 is 1.77 bits per heavy atom. The molecule has 130 valence electrons. The molecule has 4 rings (SSSR count). The summed E-state index contributed by atoms with van der Waals surface area (Å²) in [7, 11) is 0. The van der Waals surface area contributed by atoms with Crippen LogP contribution in [0.3, 0.4) is 0 Å². The van der Waals surface area contributed by atoms with Crippen molar-refractivity contribution in [3.63, 3.8) is 0 Å². The minimum Gasteiger partial charge on any atom is -0.507 e. The number of para-hydroxylation sites is 2. The summed E-state index contributed by atoms with van der Waals surface area (Å²) in [6.45, 7) is 0.516. The number of phenolic OH excluding ortho intramolecular Hbond substituents is 1. The molecule has 0 fully saturated rings. The third-order valence-corrected chi connectivity index (χ3v) is 4.42. The van der Waals surface area contributed by atoms with Crippen molar-refractivity contribution in [2.45, 2.75) is 12.8 Å². The van der Waals surface area contributed by atoms with Crippen LogP contribution in [0.15, 0.2) is 60.7 Å². The van der Waals surface area contributed by atoms with E-state index >= 15 is 0 Å². The summed E-state index contributed by atoms with van der Waals surface area (Å²) in [5.74, 6) is 0.644. The van der Waals surface area contributed by atoms with E-state index in [2.05, 4.69) is 15.3 Å². The van der Waals surface area contributed by atoms with Gasteiger partial charge < -0.3 is 15.4 Å². The summed E-state index contributed by atoms with van der Waals surface area (Å²) >= 11 is 0. The number of nitrogens with one attached hydrogen (secondary N) is 2. The van der Waals surface area contributed by atoms with E-state index in [0.29, 0.717) is 12.1 Å². The topological polar surface area (TPSA) is 78.0 Å². The molecule has 4 aromatic rings. The van der Waals surface area contributed by atoms with E-state index in [0.717, 1.165) is 40.5 Å². The third kappa shape index (κ3) is 3.24. The number of aromatic hydroxyl groups is 1. The first kappa shape index (κ1) is 16.1. The Labute approximate surface area is 150 Å². The van der Waals surface area contributed by atoms with Crippen LogP contribution in [0.5, 0.6) is 5.75 Å². The number of amides is 1. The molecule has 3 aromatic carbocycles. The average molecular weight is 345 g/mol. The van der Waals surface area contributed by atoms with E-state index in [4.69, 9.17) is 0 Å². The first-order valence-electron chi connectivity index (χ1n) is 8.64. The summed E-state index contributed by atoms with van der Waals surface area (Å²) in [5.41, 5.74) is 2.27. The van der Waals surface area contributed by atoms with Crippen molar-refractivity contribution in [1.82, 2.24) is 15.3 Å². The number of carbonyl (C=O) groups excluding carboxylic acids is 1. The summed E-state index contributed by atoms with van der Waals surface area (Å²) in [6, 6.07) is 18.9. The van der Waals surface area contributed by atoms with Crippen LogP contribution in [0.1, 0.15) is 22.6 Å². The molecule has 0 aliphatic heterocycles. The lowest BCUT2D eigenvalue weighted by Crippen LogP contribution is -2.25. The number of nitrogens with zero attached hydrogens (tertiary/aromatic N) is 1. The normalized spacial score (nSPS) is 11.1. The Bertz CT molecular complexity index is 1050. The van der Waals surface area contributed by atoms with Gasteiger partial charge in [-0.1, -0.05) is 36.4 Å². The van der Waals surface area contributed by atoms with Crippen LogP contribution in [0.2, 0.25) is 0 Å². The molecule has 0 atom stereocenters. The highest BCUT2D eigenvalue weighted by atomic mass is 16.3. The fourth-order valence-corrected chi connectivity index (χ4v) is 3.09. The summed E-state index contributed by atoms with van der Waals surface area (Å²) in [6.07, 6.45) is 1.51. The SMILES string of the molecule is O=C(NCCCc1nc2ccccc2[nH]1)c1cc2ccccc2cc1O. The molecular formula is C21H19N3O2. The van der Waals surface area contributed by atoms with Crippen molar-refractivity contribution in [3.05, 3.63) is 72.1 Å². The number of fused-ring (bicyclic) bond motifs is 2. The van der Waals surface area contributed by atoms with Gasteiger partial charge in [0.05, 0.1) is 16.6 Å². The summed E-state index contributed by atoms with van der Waals surface area (Å²) in [5, 5.41) is 14.8. The summed E-state index contributed by atoms with van der Waals surface area (Å²) < 4.78 is 0. The zero-order chi connectivity index (χ0) is 17.9. The first-order valence-corrected chi connectivity index (χ1v) is 8.64. The van der Waals surface area contributed by atoms with Crippen molar-refractivity contribution in [1.29, 1.82) is 0 Å². The maximum atomic E-state index is 12.4. The van der Waals surface area contributed by atoms with Gasteiger partial charge in [-0.05, 0) is 41.5 Å². The molecule has 0 saturated carbocycles. The van der Waals surface area contributed by atoms with E-state index in [-0.39, 0.29) is 11.7 Å². The van der Waals surface area contributed by atoms with Gasteiger partial charge in [-0.2, -0.15) is 0 Å². The number of aryl methyl sites for hydroxylation is 1. The fraction of sp³-hybridized carbons (Fsp3) is 0.143. The molecule has 3 N–H and O–H groups in total. The van der Waals surface area contributed by atoms with Crippen LogP contribution in [0.25, 0.3) is 21.8 Å². The Kier molecular flexibility index (Phi) is 4.27. The number of aromatic nitrogens is 2. The van der Waals surface area contributed by atoms with Crippen molar-refractivity contribution in [2.24, 2.45) is 0 Å². The first-order chi connectivity index (χ1) is 12.7. The third-order valence-electron chi connectivity index (χ3n) is 4.42. The van der Waals surface area contributed by atoms with Gasteiger partial charge in [-0.25, -0.2) is 4.98 Å². The Morgan fingerprint density at radius 3 is 2.58 bits per heavy atom. The monoisotopic (exact) mass is 345 g/mol. The number of phenols is 1. The molecule has 26 heavy (non-hydrogen) atoms. The molecule has 0 aliphatic rings. The fourth-order valence-electron chi connectivity index (χ4n) is 3.09. The van der Waals surface area contributed by atoms with E-state index in [1.54, 1.807) is 12.1 Å². The number of H-pyrrole nitrogens is 1. The Balaban J connectivity index is 1.37. The molecule has 5 nitrogen and oxygen atoms in total. The van der Waals surface area contributed by atoms with E-state index < -0.39 is 0 Å². The zero-order valence-corrected chi connectivity index (χ0v) is 14.2. The van der Waals surface area contributed by atoms with Crippen LogP contribution in [0.4, 0.5) is 0 Å². The van der Waals surface area contributed by atoms with Gasteiger partial charge >= 0.3 is 0 Å². The number of hydrogen-bond donors (Lipinski definition) is 3.